The molecule has 0 radical (unpaired) electrons. The summed E-state index contributed by atoms with van der Waals surface area (Å²) in [7, 11) is 0. The summed E-state index contributed by atoms with van der Waals surface area (Å²) in [6.07, 6.45) is 0.983. The van der Waals surface area contributed by atoms with Crippen LogP contribution < -0.4 is 4.31 Å². The molecular formula is C23H20BrF2NS. The van der Waals surface area contributed by atoms with Gasteiger partial charge in [0, 0.05) is 28.4 Å². The Morgan fingerprint density at radius 3 is 2.36 bits per heavy atom. The monoisotopic (exact) mass is 459 g/mol. The van der Waals surface area contributed by atoms with Gasteiger partial charge in [-0.15, -0.1) is 0 Å². The largest absolute Gasteiger partial charge is 0.312 e. The zero-order valence-electron chi connectivity index (χ0n) is 15.7. The number of aryl methyl sites for hydroxylation is 1. The van der Waals surface area contributed by atoms with Gasteiger partial charge in [0.15, 0.2) is 0 Å². The van der Waals surface area contributed by atoms with Crippen molar-refractivity contribution in [2.24, 2.45) is 0 Å². The van der Waals surface area contributed by atoms with Crippen molar-refractivity contribution in [3.05, 3.63) is 81.8 Å². The van der Waals surface area contributed by atoms with Crippen molar-refractivity contribution in [3.63, 3.8) is 0 Å². The molecule has 1 aliphatic rings. The smallest absolute Gasteiger partial charge is 0.270 e. The van der Waals surface area contributed by atoms with Gasteiger partial charge >= 0.3 is 0 Å². The molecular weight excluding hydrogens is 440 g/mol. The highest BCUT2D eigenvalue weighted by Crippen LogP contribution is 2.39. The van der Waals surface area contributed by atoms with E-state index in [2.05, 4.69) is 63.6 Å². The summed E-state index contributed by atoms with van der Waals surface area (Å²) >= 11 is 5.30. The van der Waals surface area contributed by atoms with Crippen molar-refractivity contribution in [2.45, 2.75) is 31.1 Å². The molecule has 0 saturated heterocycles. The molecule has 144 valence electrons. The molecule has 0 bridgehead atoms. The number of nitrogens with zero attached hydrogens (tertiary/aromatic N) is 1. The van der Waals surface area contributed by atoms with Crippen molar-refractivity contribution >= 4 is 33.6 Å². The van der Waals surface area contributed by atoms with Gasteiger partial charge < -0.3 is 4.31 Å². The second-order valence-corrected chi connectivity index (χ2v) is 9.11. The molecule has 0 unspecified atom stereocenters. The van der Waals surface area contributed by atoms with E-state index in [0.29, 0.717) is 0 Å². The SMILES string of the molecule is Cc1cc(SN2CCc3cc(-c4ccc(C(C)(F)F)cc4)ccc32)ccc1Br. The summed E-state index contributed by atoms with van der Waals surface area (Å²) in [5.41, 5.74) is 5.82. The zero-order chi connectivity index (χ0) is 19.9. The summed E-state index contributed by atoms with van der Waals surface area (Å²) in [5.74, 6) is -2.81. The quantitative estimate of drug-likeness (QED) is 0.369. The molecule has 0 spiro atoms. The second-order valence-electron chi connectivity index (χ2n) is 7.16. The van der Waals surface area contributed by atoms with Gasteiger partial charge in [-0.25, -0.2) is 8.78 Å². The number of anilines is 1. The predicted molar refractivity (Wildman–Crippen MR) is 117 cm³/mol. The maximum absolute atomic E-state index is 13.4. The van der Waals surface area contributed by atoms with Crippen molar-refractivity contribution in [1.82, 2.24) is 0 Å². The standard InChI is InChI=1S/C23H20BrF2NS/c1-15-13-20(8-9-21(15)24)28-27-12-11-18-14-17(5-10-22(18)27)16-3-6-19(7-4-16)23(2,25)26/h3-10,13-14H,11-12H2,1-2H3. The van der Waals surface area contributed by atoms with Gasteiger partial charge in [0.05, 0.1) is 5.69 Å². The van der Waals surface area contributed by atoms with Crippen LogP contribution >= 0.6 is 27.9 Å². The number of benzene rings is 3. The van der Waals surface area contributed by atoms with Crippen LogP contribution in [0.4, 0.5) is 14.5 Å². The van der Waals surface area contributed by atoms with Crippen LogP contribution in [0, 0.1) is 6.92 Å². The Bertz CT molecular complexity index is 1010. The van der Waals surface area contributed by atoms with Gasteiger partial charge in [0.25, 0.3) is 5.92 Å². The summed E-state index contributed by atoms with van der Waals surface area (Å²) in [6.45, 7) is 3.98. The minimum absolute atomic E-state index is 0.0461. The first kappa shape index (κ1) is 19.5. The Morgan fingerprint density at radius 1 is 0.964 bits per heavy atom. The first-order chi connectivity index (χ1) is 13.3. The summed E-state index contributed by atoms with van der Waals surface area (Å²) < 4.78 is 30.3. The Balaban J connectivity index is 1.55. The molecule has 0 saturated carbocycles. The fraction of sp³-hybridized carbons (Fsp3) is 0.217. The number of hydrogen-bond acceptors (Lipinski definition) is 2. The topological polar surface area (TPSA) is 3.24 Å². The van der Waals surface area contributed by atoms with Gasteiger partial charge in [-0.2, -0.15) is 0 Å². The lowest BCUT2D eigenvalue weighted by Crippen LogP contribution is -2.09. The molecule has 0 aromatic heterocycles. The number of rotatable bonds is 4. The van der Waals surface area contributed by atoms with Gasteiger partial charge in [-0.05, 0) is 77.9 Å². The Hall–Kier alpha value is -1.85. The molecule has 1 aliphatic heterocycles. The van der Waals surface area contributed by atoms with Crippen LogP contribution in [-0.2, 0) is 12.3 Å². The highest BCUT2D eigenvalue weighted by Gasteiger charge is 2.24. The maximum Gasteiger partial charge on any atom is 0.270 e. The van der Waals surface area contributed by atoms with Gasteiger partial charge in [0.1, 0.15) is 0 Å². The highest BCUT2D eigenvalue weighted by atomic mass is 79.9. The normalized spacial score (nSPS) is 13.7. The number of fused-ring (bicyclic) bond motifs is 1. The summed E-state index contributed by atoms with van der Waals surface area (Å²) in [4.78, 5) is 1.22. The van der Waals surface area contributed by atoms with Crippen LogP contribution in [0.2, 0.25) is 0 Å². The van der Waals surface area contributed by atoms with Crippen LogP contribution in [0.1, 0.15) is 23.6 Å². The average Bonchev–Trinajstić information content (AvgIpc) is 3.06. The lowest BCUT2D eigenvalue weighted by molar-refractivity contribution is 0.0175. The average molecular weight is 460 g/mol. The van der Waals surface area contributed by atoms with Crippen molar-refractivity contribution in [3.8, 4) is 11.1 Å². The number of hydrogen-bond donors (Lipinski definition) is 0. The first-order valence-electron chi connectivity index (χ1n) is 9.14. The van der Waals surface area contributed by atoms with Crippen molar-refractivity contribution in [1.29, 1.82) is 0 Å². The van der Waals surface area contributed by atoms with Gasteiger partial charge in [-0.1, -0.05) is 46.3 Å². The van der Waals surface area contributed by atoms with Crippen LogP contribution in [0.25, 0.3) is 11.1 Å². The van der Waals surface area contributed by atoms with E-state index in [0.717, 1.165) is 35.5 Å². The minimum Gasteiger partial charge on any atom is -0.312 e. The van der Waals surface area contributed by atoms with E-state index in [1.807, 2.05) is 0 Å². The summed E-state index contributed by atoms with van der Waals surface area (Å²) in [5, 5.41) is 0. The first-order valence-corrected chi connectivity index (χ1v) is 10.7. The number of halogens is 3. The highest BCUT2D eigenvalue weighted by molar-refractivity contribution is 9.10. The van der Waals surface area contributed by atoms with E-state index in [1.54, 1.807) is 24.1 Å². The van der Waals surface area contributed by atoms with Crippen molar-refractivity contribution in [2.75, 3.05) is 10.8 Å². The Morgan fingerprint density at radius 2 is 1.68 bits per heavy atom. The van der Waals surface area contributed by atoms with E-state index in [-0.39, 0.29) is 5.56 Å². The molecule has 3 aromatic carbocycles. The third kappa shape index (κ3) is 3.96. The zero-order valence-corrected chi connectivity index (χ0v) is 18.1. The van der Waals surface area contributed by atoms with Crippen molar-refractivity contribution < 1.29 is 8.78 Å². The molecule has 0 N–H and O–H groups in total. The second kappa shape index (κ2) is 7.53. The third-order valence-electron chi connectivity index (χ3n) is 5.00. The lowest BCUT2D eigenvalue weighted by Gasteiger charge is -2.18. The lowest BCUT2D eigenvalue weighted by atomic mass is 9.99. The third-order valence-corrected chi connectivity index (χ3v) is 6.96. The summed E-state index contributed by atoms with van der Waals surface area (Å²) in [6, 6.07) is 19.4. The fourth-order valence-corrected chi connectivity index (χ4v) is 4.72. The maximum atomic E-state index is 13.4. The molecule has 0 fully saturated rings. The Kier molecular flexibility index (Phi) is 5.23. The molecule has 28 heavy (non-hydrogen) atoms. The predicted octanol–water partition coefficient (Wildman–Crippen LogP) is 7.61. The fourth-order valence-electron chi connectivity index (χ4n) is 3.40. The molecule has 0 amide bonds. The van der Waals surface area contributed by atoms with Crippen LogP contribution in [0.15, 0.2) is 70.0 Å². The van der Waals surface area contributed by atoms with Crippen LogP contribution in [0.3, 0.4) is 0 Å². The molecule has 1 heterocycles. The van der Waals surface area contributed by atoms with Gasteiger partial charge in [-0.3, -0.25) is 0 Å². The number of alkyl halides is 2. The molecule has 3 aromatic rings. The van der Waals surface area contributed by atoms with Crippen LogP contribution in [-0.4, -0.2) is 6.54 Å². The molecule has 5 heteroatoms. The molecule has 1 nitrogen and oxygen atoms in total. The minimum atomic E-state index is -2.81. The van der Waals surface area contributed by atoms with E-state index in [4.69, 9.17) is 0 Å². The van der Waals surface area contributed by atoms with Gasteiger partial charge in [0.2, 0.25) is 0 Å². The van der Waals surface area contributed by atoms with E-state index < -0.39 is 5.92 Å². The van der Waals surface area contributed by atoms with E-state index >= 15 is 0 Å². The molecule has 0 atom stereocenters. The van der Waals surface area contributed by atoms with E-state index in [9.17, 15) is 8.78 Å². The van der Waals surface area contributed by atoms with E-state index in [1.165, 1.54) is 33.8 Å². The molecule has 4 rings (SSSR count). The molecule has 0 aliphatic carbocycles. The van der Waals surface area contributed by atoms with Crippen LogP contribution in [0.5, 0.6) is 0 Å². The Labute approximate surface area is 177 Å².